The smallest absolute Gasteiger partial charge is 0.145 e. The lowest BCUT2D eigenvalue weighted by molar-refractivity contribution is -0.766. The van der Waals surface area contributed by atoms with E-state index in [-0.39, 0.29) is 0 Å². The second kappa shape index (κ2) is 13.9. The number of fused-ring (bicyclic) bond motifs is 1. The molecule has 0 bridgehead atoms. The highest BCUT2D eigenvalue weighted by atomic mass is 16.6. The number of hydrogen-bond donors (Lipinski definition) is 1. The van der Waals surface area contributed by atoms with Gasteiger partial charge in [-0.25, -0.2) is 0 Å². The molecule has 1 aromatic carbocycles. The van der Waals surface area contributed by atoms with Gasteiger partial charge in [0.2, 0.25) is 0 Å². The van der Waals surface area contributed by atoms with Crippen LogP contribution in [0.2, 0.25) is 0 Å². The van der Waals surface area contributed by atoms with Crippen molar-refractivity contribution in [1.29, 1.82) is 0 Å². The molecule has 0 fully saturated rings. The van der Waals surface area contributed by atoms with Crippen LogP contribution in [0.3, 0.4) is 0 Å². The second-order valence-electron chi connectivity index (χ2n) is 7.15. The molecule has 2 aliphatic heterocycles. The predicted octanol–water partition coefficient (Wildman–Crippen LogP) is 0.0276. The van der Waals surface area contributed by atoms with E-state index in [1.807, 2.05) is 18.2 Å². The molecule has 2 heterocycles. The summed E-state index contributed by atoms with van der Waals surface area (Å²) in [5.41, 5.74) is 1.16. The molecule has 0 atom stereocenters. The fourth-order valence-corrected chi connectivity index (χ4v) is 2.95. The number of allylic oxidation sites excluding steroid dienone is 4. The predicted molar refractivity (Wildman–Crippen MR) is 119 cm³/mol. The molecule has 7 nitrogen and oxygen atoms in total. The van der Waals surface area contributed by atoms with Gasteiger partial charge in [-0.05, 0) is 35.1 Å². The molecule has 7 heteroatoms. The highest BCUT2D eigenvalue weighted by Crippen LogP contribution is 2.02. The average molecular weight is 430 g/mol. The minimum Gasteiger partial charge on any atom is -0.489 e. The summed E-state index contributed by atoms with van der Waals surface area (Å²) in [4.78, 5) is 5.89. The zero-order valence-electron chi connectivity index (χ0n) is 18.3. The molecule has 168 valence electrons. The van der Waals surface area contributed by atoms with Crippen molar-refractivity contribution in [2.45, 2.75) is 0 Å². The van der Waals surface area contributed by atoms with Crippen LogP contribution in [0.4, 0.5) is 0 Å². The molecular formula is C24H33N2O5+. The van der Waals surface area contributed by atoms with E-state index >= 15 is 0 Å². The first-order valence-corrected chi connectivity index (χ1v) is 10.8. The van der Waals surface area contributed by atoms with Gasteiger partial charge in [0.15, 0.2) is 0 Å². The number of hydrogen-bond acceptors (Lipinski definition) is 6. The Morgan fingerprint density at radius 2 is 1.39 bits per heavy atom. The molecule has 1 aromatic rings. The van der Waals surface area contributed by atoms with Crippen molar-refractivity contribution in [1.82, 2.24) is 0 Å². The third kappa shape index (κ3) is 9.16. The van der Waals surface area contributed by atoms with Crippen molar-refractivity contribution in [2.24, 2.45) is 4.99 Å². The van der Waals surface area contributed by atoms with Crippen LogP contribution in [0.15, 0.2) is 59.4 Å². The fourth-order valence-electron chi connectivity index (χ4n) is 2.95. The highest BCUT2D eigenvalue weighted by molar-refractivity contribution is 5.47. The molecule has 0 saturated carbocycles. The van der Waals surface area contributed by atoms with Gasteiger partial charge in [-0.2, -0.15) is 0 Å². The summed E-state index contributed by atoms with van der Waals surface area (Å²) in [5, 5.41) is 1.87. The minimum atomic E-state index is 0.452. The van der Waals surface area contributed by atoms with Gasteiger partial charge < -0.3 is 23.7 Å². The Hall–Kier alpha value is -2.29. The number of benzene rings is 1. The first-order chi connectivity index (χ1) is 15.3. The first-order valence-electron chi connectivity index (χ1n) is 10.8. The van der Waals surface area contributed by atoms with Gasteiger partial charge in [0, 0.05) is 0 Å². The number of nitrogens with zero attached hydrogens (tertiary/aromatic N) is 1. The lowest BCUT2D eigenvalue weighted by Gasteiger charge is -2.10. The van der Waals surface area contributed by atoms with Crippen LogP contribution in [-0.4, -0.2) is 73.1 Å². The van der Waals surface area contributed by atoms with E-state index < -0.39 is 0 Å². The maximum Gasteiger partial charge on any atom is 0.145 e. The minimum absolute atomic E-state index is 0.452. The van der Waals surface area contributed by atoms with E-state index in [4.69, 9.17) is 23.7 Å². The van der Waals surface area contributed by atoms with E-state index in [1.54, 1.807) is 0 Å². The van der Waals surface area contributed by atoms with Crippen molar-refractivity contribution in [3.63, 3.8) is 0 Å². The molecule has 31 heavy (non-hydrogen) atoms. The van der Waals surface area contributed by atoms with E-state index in [2.05, 4.69) is 48.7 Å². The van der Waals surface area contributed by atoms with Crippen LogP contribution in [0.1, 0.15) is 0 Å². The number of nitrogens with one attached hydrogen (secondary N) is 1. The van der Waals surface area contributed by atoms with Crippen molar-refractivity contribution >= 4 is 6.08 Å². The fraction of sp³-hybridized carbons (Fsp3) is 0.458. The quantitative estimate of drug-likeness (QED) is 0.683. The molecule has 0 saturated heterocycles. The topological polar surface area (TPSA) is 63.0 Å². The third-order valence-corrected chi connectivity index (χ3v) is 4.65. The van der Waals surface area contributed by atoms with Crippen LogP contribution >= 0.6 is 0 Å². The summed E-state index contributed by atoms with van der Waals surface area (Å²) in [5.74, 6) is 0.746. The monoisotopic (exact) mass is 429 g/mol. The zero-order valence-corrected chi connectivity index (χ0v) is 18.3. The van der Waals surface area contributed by atoms with Gasteiger partial charge in [0.25, 0.3) is 0 Å². The summed E-state index contributed by atoms with van der Waals surface area (Å²) in [6.07, 6.45) is 12.6. The molecule has 0 aromatic heterocycles. The zero-order chi connectivity index (χ0) is 21.6. The molecule has 0 unspecified atom stereocenters. The maximum absolute atomic E-state index is 5.99. The Kier molecular flexibility index (Phi) is 10.5. The van der Waals surface area contributed by atoms with Gasteiger partial charge >= 0.3 is 0 Å². The average Bonchev–Trinajstić information content (AvgIpc) is 2.79. The Balaban J connectivity index is 1.70. The summed E-state index contributed by atoms with van der Waals surface area (Å²) in [6.45, 7) is 5.33. The summed E-state index contributed by atoms with van der Waals surface area (Å²) >= 11 is 0. The number of quaternary nitrogens is 1. The molecule has 0 amide bonds. The maximum atomic E-state index is 5.99. The first kappa shape index (κ1) is 23.4. The molecular weight excluding hydrogens is 396 g/mol. The molecule has 0 spiro atoms. The Morgan fingerprint density at radius 1 is 0.774 bits per heavy atom. The van der Waals surface area contributed by atoms with Gasteiger partial charge in [-0.15, -0.1) is 0 Å². The van der Waals surface area contributed by atoms with Crippen molar-refractivity contribution < 1.29 is 28.6 Å². The molecule has 0 aliphatic carbocycles. The Morgan fingerprint density at radius 3 is 2.06 bits per heavy atom. The van der Waals surface area contributed by atoms with E-state index in [0.29, 0.717) is 66.0 Å². The lowest BCUT2D eigenvalue weighted by Crippen LogP contribution is -2.99. The Labute approximate surface area is 183 Å². The van der Waals surface area contributed by atoms with Crippen molar-refractivity contribution in [2.75, 3.05) is 73.1 Å². The van der Waals surface area contributed by atoms with Crippen LogP contribution < -0.4 is 20.2 Å². The van der Waals surface area contributed by atoms with E-state index in [9.17, 15) is 0 Å². The third-order valence-electron chi connectivity index (χ3n) is 4.65. The SMILES string of the molecule is C[NH+]1C=CC(=CC=c2ccc3c(c2)OCCOCCOCCOCCOCCN=3)C=C1. The van der Waals surface area contributed by atoms with E-state index in [0.717, 1.165) is 21.9 Å². The molecule has 1 N–H and O–H groups in total. The molecule has 3 rings (SSSR count). The molecule has 2 aliphatic rings. The summed E-state index contributed by atoms with van der Waals surface area (Å²) in [7, 11) is 2.09. The van der Waals surface area contributed by atoms with Gasteiger partial charge in [-0.1, -0.05) is 18.2 Å². The Bertz CT molecular complexity index is 862. The van der Waals surface area contributed by atoms with Crippen LogP contribution in [-0.2, 0) is 18.9 Å². The standard InChI is InChI=1S/C24H32N2O5/c1-26-9-6-21(7-10-26)2-3-22-4-5-23-24(20-22)31-19-18-30-17-16-29-15-14-28-13-12-27-11-8-25-23/h2-7,9-10,20H,8,11-19H2,1H3/p+1. The number of ether oxygens (including phenoxy) is 5. The summed E-state index contributed by atoms with van der Waals surface area (Å²) < 4.78 is 28.1. The summed E-state index contributed by atoms with van der Waals surface area (Å²) in [6, 6.07) is 6.05. The van der Waals surface area contributed by atoms with Crippen LogP contribution in [0.25, 0.3) is 6.08 Å². The normalized spacial score (nSPS) is 22.5. The van der Waals surface area contributed by atoms with Crippen molar-refractivity contribution in [3.05, 3.63) is 65.0 Å². The van der Waals surface area contributed by atoms with Crippen molar-refractivity contribution in [3.8, 4) is 5.75 Å². The van der Waals surface area contributed by atoms with Gasteiger partial charge in [0.1, 0.15) is 12.4 Å². The largest absolute Gasteiger partial charge is 0.489 e. The van der Waals surface area contributed by atoms with Gasteiger partial charge in [0.05, 0.1) is 84.2 Å². The lowest BCUT2D eigenvalue weighted by atomic mass is 10.2. The van der Waals surface area contributed by atoms with Crippen LogP contribution in [0.5, 0.6) is 5.75 Å². The molecule has 0 radical (unpaired) electrons. The highest BCUT2D eigenvalue weighted by Gasteiger charge is 2.01. The number of rotatable bonds is 1. The second-order valence-corrected chi connectivity index (χ2v) is 7.15. The van der Waals surface area contributed by atoms with E-state index in [1.165, 1.54) is 4.90 Å². The van der Waals surface area contributed by atoms with Gasteiger partial charge in [-0.3, -0.25) is 9.89 Å². The van der Waals surface area contributed by atoms with Crippen LogP contribution in [0, 0.1) is 0 Å².